The van der Waals surface area contributed by atoms with Gasteiger partial charge in [-0.05, 0) is 123 Å². The Morgan fingerprint density at radius 2 is 1.70 bits per heavy atom. The van der Waals surface area contributed by atoms with E-state index in [1.807, 2.05) is 18.2 Å². The molecule has 0 saturated heterocycles. The maximum atomic E-state index is 13.4. The summed E-state index contributed by atoms with van der Waals surface area (Å²) < 4.78 is 0. The van der Waals surface area contributed by atoms with Crippen LogP contribution in [0.5, 0.6) is 0 Å². The molecule has 6 rings (SSSR count). The van der Waals surface area contributed by atoms with Crippen molar-refractivity contribution in [1.82, 2.24) is 10.3 Å². The fraction of sp³-hybridized carbons (Fsp3) is 0.743. The molecule has 0 spiro atoms. The van der Waals surface area contributed by atoms with Crippen LogP contribution < -0.4 is 10.6 Å². The summed E-state index contributed by atoms with van der Waals surface area (Å²) in [6, 6.07) is 5.49. The third kappa shape index (κ3) is 3.74. The van der Waals surface area contributed by atoms with Crippen molar-refractivity contribution in [3.05, 3.63) is 36.5 Å². The molecule has 0 unspecified atom stereocenters. The molecule has 5 saturated carbocycles. The summed E-state index contributed by atoms with van der Waals surface area (Å²) in [5.74, 6) is 3.60. The number of carbonyl (C=O) groups excluding carboxylic acids is 2. The Kier molecular flexibility index (Phi) is 6.41. The highest BCUT2D eigenvalue weighted by Gasteiger charge is 2.71. The molecule has 5 heteroatoms. The molecule has 5 fully saturated rings. The van der Waals surface area contributed by atoms with Crippen LogP contribution in [0.25, 0.3) is 0 Å². The minimum Gasteiger partial charge on any atom is -0.332 e. The van der Waals surface area contributed by atoms with Crippen molar-refractivity contribution >= 4 is 17.6 Å². The lowest BCUT2D eigenvalue weighted by molar-refractivity contribution is -0.228. The maximum absolute atomic E-state index is 13.4. The van der Waals surface area contributed by atoms with Gasteiger partial charge in [0, 0.05) is 23.6 Å². The monoisotopic (exact) mass is 545 g/mol. The van der Waals surface area contributed by atoms with Gasteiger partial charge < -0.3 is 5.32 Å². The quantitative estimate of drug-likeness (QED) is 0.376. The third-order valence-electron chi connectivity index (χ3n) is 14.1. The highest BCUT2D eigenvalue weighted by Crippen LogP contribution is 2.76. The van der Waals surface area contributed by atoms with Crippen LogP contribution in [0, 0.1) is 51.2 Å². The summed E-state index contributed by atoms with van der Waals surface area (Å²) in [5, 5.41) is 6.57. The Balaban J connectivity index is 1.33. The number of nitrogens with zero attached hydrogens (tertiary/aromatic N) is 1. The minimum atomic E-state index is -0.213. The summed E-state index contributed by atoms with van der Waals surface area (Å²) >= 11 is 0. The summed E-state index contributed by atoms with van der Waals surface area (Å²) in [5.41, 5.74) is 1.53. The zero-order valence-electron chi connectivity index (χ0n) is 25.7. The maximum Gasteiger partial charge on any atom is 0.320 e. The van der Waals surface area contributed by atoms with Crippen molar-refractivity contribution in [2.75, 3.05) is 5.32 Å². The molecule has 1 heterocycles. The number of fused-ring (bicyclic) bond motifs is 7. The van der Waals surface area contributed by atoms with E-state index in [9.17, 15) is 9.59 Å². The van der Waals surface area contributed by atoms with E-state index in [-0.39, 0.29) is 33.2 Å². The van der Waals surface area contributed by atoms with Crippen LogP contribution in [0.3, 0.4) is 0 Å². The van der Waals surface area contributed by atoms with Gasteiger partial charge in [0.15, 0.2) is 0 Å². The first-order chi connectivity index (χ1) is 18.8. The van der Waals surface area contributed by atoms with Crippen LogP contribution in [0.15, 0.2) is 36.5 Å². The van der Waals surface area contributed by atoms with Gasteiger partial charge in [-0.3, -0.25) is 10.1 Å². The van der Waals surface area contributed by atoms with E-state index >= 15 is 0 Å². The number of hydrogen-bond donors (Lipinski definition) is 2. The highest BCUT2D eigenvalue weighted by atomic mass is 16.2. The van der Waals surface area contributed by atoms with E-state index in [4.69, 9.17) is 0 Å². The van der Waals surface area contributed by atoms with E-state index in [1.165, 1.54) is 24.8 Å². The topological polar surface area (TPSA) is 71.1 Å². The molecule has 9 atom stereocenters. The lowest BCUT2D eigenvalue weighted by Gasteiger charge is -2.72. The van der Waals surface area contributed by atoms with Crippen molar-refractivity contribution in [3.63, 3.8) is 0 Å². The Bertz CT molecular complexity index is 1210. The second kappa shape index (κ2) is 9.16. The standard InChI is InChI=1S/C35H51N3O2/c1-22(2)23-13-18-35(38-30(40)37-28-10-8-9-21-36-28)20-19-33(6)24(29(23)35)11-12-26-32(5)16-15-27(39)31(3,4)25(32)14-17-34(26,33)7/h8-10,21,23-26,29H,1,11-20H2,2-7H3,(H2,36,37,38,40)/t23-,24+,25-,26+,29+,32-,33+,34+,35-/m0/s1. The predicted octanol–water partition coefficient (Wildman–Crippen LogP) is 8.18. The first-order valence-corrected chi connectivity index (χ1v) is 16.0. The summed E-state index contributed by atoms with van der Waals surface area (Å²) in [4.78, 5) is 30.8. The van der Waals surface area contributed by atoms with Gasteiger partial charge in [0.2, 0.25) is 0 Å². The predicted molar refractivity (Wildman–Crippen MR) is 161 cm³/mol. The van der Waals surface area contributed by atoms with Crippen LogP contribution in [-0.4, -0.2) is 22.3 Å². The fourth-order valence-corrected chi connectivity index (χ4v) is 12.0. The number of Topliss-reactive ketones (excluding diaryl/α,β-unsaturated/α-hetero) is 1. The molecule has 0 radical (unpaired) electrons. The Hall–Kier alpha value is -2.17. The Morgan fingerprint density at radius 3 is 2.40 bits per heavy atom. The smallest absolute Gasteiger partial charge is 0.320 e. The van der Waals surface area contributed by atoms with Crippen molar-refractivity contribution in [2.24, 2.45) is 51.2 Å². The number of carbonyl (C=O) groups is 2. The largest absolute Gasteiger partial charge is 0.332 e. The molecule has 5 nitrogen and oxygen atoms in total. The highest BCUT2D eigenvalue weighted by molar-refractivity contribution is 5.89. The van der Waals surface area contributed by atoms with Gasteiger partial charge in [0.25, 0.3) is 0 Å². The van der Waals surface area contributed by atoms with Gasteiger partial charge in [-0.25, -0.2) is 9.78 Å². The molecule has 1 aromatic rings. The molecular weight excluding hydrogens is 494 g/mol. The van der Waals surface area contributed by atoms with Crippen LogP contribution in [-0.2, 0) is 4.79 Å². The Labute approximate surface area is 241 Å². The molecule has 2 N–H and O–H groups in total. The Morgan fingerprint density at radius 1 is 0.925 bits per heavy atom. The number of hydrogen-bond acceptors (Lipinski definition) is 3. The average Bonchev–Trinajstić information content (AvgIpc) is 3.27. The fourth-order valence-electron chi connectivity index (χ4n) is 12.0. The van der Waals surface area contributed by atoms with E-state index in [1.54, 1.807) is 6.20 Å². The van der Waals surface area contributed by atoms with Gasteiger partial charge in [-0.2, -0.15) is 0 Å². The number of amides is 2. The summed E-state index contributed by atoms with van der Waals surface area (Å²) in [6.07, 6.45) is 12.6. The number of urea groups is 1. The molecule has 0 bridgehead atoms. The number of aromatic nitrogens is 1. The lowest BCUT2D eigenvalue weighted by atomic mass is 9.32. The molecule has 0 aromatic carbocycles. The summed E-state index contributed by atoms with van der Waals surface area (Å²) in [7, 11) is 0. The van der Waals surface area contributed by atoms with Crippen molar-refractivity contribution in [1.29, 1.82) is 0 Å². The van der Waals surface area contributed by atoms with Gasteiger partial charge in [0.05, 0.1) is 0 Å². The van der Waals surface area contributed by atoms with Crippen LogP contribution in [0.2, 0.25) is 0 Å². The van der Waals surface area contributed by atoms with Crippen LogP contribution in [0.4, 0.5) is 10.6 Å². The number of anilines is 1. The van der Waals surface area contributed by atoms with Gasteiger partial charge in [-0.1, -0.05) is 52.8 Å². The zero-order chi connectivity index (χ0) is 28.7. The van der Waals surface area contributed by atoms with Crippen LogP contribution in [0.1, 0.15) is 106 Å². The molecule has 5 aliphatic rings. The van der Waals surface area contributed by atoms with Gasteiger partial charge in [0.1, 0.15) is 11.6 Å². The first-order valence-electron chi connectivity index (χ1n) is 16.0. The molecule has 1 aromatic heterocycles. The number of ketones is 1. The van der Waals surface area contributed by atoms with Crippen LogP contribution >= 0.6 is 0 Å². The first kappa shape index (κ1) is 28.0. The summed E-state index contributed by atoms with van der Waals surface area (Å²) in [6.45, 7) is 19.0. The zero-order valence-corrected chi connectivity index (χ0v) is 25.7. The molecule has 2 amide bonds. The van der Waals surface area contributed by atoms with E-state index < -0.39 is 0 Å². The van der Waals surface area contributed by atoms with E-state index in [0.717, 1.165) is 44.9 Å². The molecule has 40 heavy (non-hydrogen) atoms. The van der Waals surface area contributed by atoms with Gasteiger partial charge in [-0.15, -0.1) is 0 Å². The third-order valence-corrected chi connectivity index (χ3v) is 14.1. The normalized spacial score (nSPS) is 45.4. The molecule has 218 valence electrons. The van der Waals surface area contributed by atoms with E-state index in [2.05, 4.69) is 63.7 Å². The van der Waals surface area contributed by atoms with Gasteiger partial charge >= 0.3 is 6.03 Å². The SMILES string of the molecule is C=C(C)[C@@H]1CC[C@]2(NC(=O)Nc3ccccn3)CC[C@]3(C)[C@H](CC[C@@H]4[C@@]5(C)CCC(=O)C(C)(C)[C@@H]5CC[C@]43C)[C@@H]12. The minimum absolute atomic E-state index is 0.128. The number of nitrogens with one attached hydrogen (secondary N) is 2. The molecule has 5 aliphatic carbocycles. The second-order valence-electron chi connectivity index (χ2n) is 15.8. The van der Waals surface area contributed by atoms with E-state index in [0.29, 0.717) is 41.2 Å². The average molecular weight is 546 g/mol. The second-order valence-corrected chi connectivity index (χ2v) is 15.8. The van der Waals surface area contributed by atoms with Crippen molar-refractivity contribution in [2.45, 2.75) is 111 Å². The number of allylic oxidation sites excluding steroid dienone is 1. The number of rotatable bonds is 3. The number of pyridine rings is 1. The van der Waals surface area contributed by atoms with Crippen molar-refractivity contribution in [3.8, 4) is 0 Å². The lowest BCUT2D eigenvalue weighted by Crippen LogP contribution is -2.69. The van der Waals surface area contributed by atoms with Crippen molar-refractivity contribution < 1.29 is 9.59 Å². The molecular formula is C35H51N3O2. The molecule has 0 aliphatic heterocycles.